The van der Waals surface area contributed by atoms with Crippen LogP contribution in [0, 0.1) is 17.8 Å². The maximum atomic E-state index is 12.7. The average Bonchev–Trinajstić information content (AvgIpc) is 3.03. The fraction of sp³-hybridized carbons (Fsp3) is 0.944. The minimum Gasteiger partial charge on any atom is -0.341 e. The number of hydrogen-bond donors (Lipinski definition) is 0. The Morgan fingerprint density at radius 1 is 0.905 bits per heavy atom. The number of carbonyl (C=O) groups is 1. The van der Waals surface area contributed by atoms with Gasteiger partial charge in [-0.15, -0.1) is 0 Å². The Kier molecular flexibility index (Phi) is 3.95. The zero-order valence-corrected chi connectivity index (χ0v) is 13.3. The Balaban J connectivity index is 1.42. The van der Waals surface area contributed by atoms with Gasteiger partial charge in [-0.05, 0) is 56.9 Å². The van der Waals surface area contributed by atoms with E-state index in [1.54, 1.807) is 0 Å². The molecule has 2 aliphatic heterocycles. The number of fused-ring (bicyclic) bond motifs is 1. The first kappa shape index (κ1) is 14.0. The molecule has 0 aromatic rings. The Morgan fingerprint density at radius 2 is 1.67 bits per heavy atom. The van der Waals surface area contributed by atoms with Crippen LogP contribution in [0.2, 0.25) is 0 Å². The van der Waals surface area contributed by atoms with Gasteiger partial charge in [-0.25, -0.2) is 0 Å². The van der Waals surface area contributed by atoms with E-state index in [2.05, 4.69) is 9.80 Å². The van der Waals surface area contributed by atoms with Gasteiger partial charge in [0.2, 0.25) is 5.91 Å². The largest absolute Gasteiger partial charge is 0.341 e. The molecule has 0 aromatic carbocycles. The predicted octanol–water partition coefficient (Wildman–Crippen LogP) is 2.90. The van der Waals surface area contributed by atoms with E-state index in [9.17, 15) is 4.79 Å². The first-order chi connectivity index (χ1) is 10.3. The van der Waals surface area contributed by atoms with Crippen molar-refractivity contribution >= 4 is 5.91 Å². The smallest absolute Gasteiger partial charge is 0.225 e. The third-order valence-electron chi connectivity index (χ3n) is 6.35. The van der Waals surface area contributed by atoms with E-state index in [4.69, 9.17) is 0 Å². The van der Waals surface area contributed by atoms with Gasteiger partial charge in [-0.1, -0.05) is 19.3 Å². The van der Waals surface area contributed by atoms with Gasteiger partial charge in [0.05, 0.1) is 0 Å². The van der Waals surface area contributed by atoms with E-state index in [-0.39, 0.29) is 0 Å². The Hall–Kier alpha value is -0.570. The van der Waals surface area contributed by atoms with Crippen molar-refractivity contribution in [3.8, 4) is 0 Å². The highest BCUT2D eigenvalue weighted by Gasteiger charge is 2.42. The van der Waals surface area contributed by atoms with E-state index >= 15 is 0 Å². The lowest BCUT2D eigenvalue weighted by atomic mass is 9.98. The molecule has 0 unspecified atom stereocenters. The lowest BCUT2D eigenvalue weighted by molar-refractivity contribution is -0.134. The van der Waals surface area contributed by atoms with Crippen LogP contribution in [0.1, 0.15) is 57.8 Å². The maximum absolute atomic E-state index is 12.7. The van der Waals surface area contributed by atoms with Crippen molar-refractivity contribution in [1.29, 1.82) is 0 Å². The first-order valence-corrected chi connectivity index (χ1v) is 9.34. The molecular weight excluding hydrogens is 260 g/mol. The normalized spacial score (nSPS) is 35.0. The fourth-order valence-corrected chi connectivity index (χ4v) is 4.91. The van der Waals surface area contributed by atoms with Gasteiger partial charge in [0.15, 0.2) is 0 Å². The van der Waals surface area contributed by atoms with Crippen LogP contribution in [0.25, 0.3) is 0 Å². The molecule has 0 aromatic heterocycles. The van der Waals surface area contributed by atoms with E-state index < -0.39 is 0 Å². The van der Waals surface area contributed by atoms with Gasteiger partial charge in [0, 0.05) is 31.6 Å². The van der Waals surface area contributed by atoms with E-state index in [0.29, 0.717) is 17.9 Å². The highest BCUT2D eigenvalue weighted by atomic mass is 16.2. The second-order valence-electron chi connectivity index (χ2n) is 7.99. The Morgan fingerprint density at radius 3 is 2.43 bits per heavy atom. The minimum atomic E-state index is 0.365. The minimum absolute atomic E-state index is 0.365. The van der Waals surface area contributed by atoms with Gasteiger partial charge in [-0.3, -0.25) is 9.69 Å². The summed E-state index contributed by atoms with van der Waals surface area (Å²) in [7, 11) is 0. The quantitative estimate of drug-likeness (QED) is 0.798. The molecule has 2 atom stereocenters. The molecule has 2 aliphatic carbocycles. The van der Waals surface area contributed by atoms with Crippen LogP contribution in [0.3, 0.4) is 0 Å². The molecule has 0 spiro atoms. The van der Waals surface area contributed by atoms with E-state index in [0.717, 1.165) is 37.8 Å². The number of nitrogens with zero attached hydrogens (tertiary/aromatic N) is 2. The summed E-state index contributed by atoms with van der Waals surface area (Å²) in [4.78, 5) is 17.7. The molecule has 2 heterocycles. The number of hydrogen-bond acceptors (Lipinski definition) is 2. The van der Waals surface area contributed by atoms with Crippen LogP contribution < -0.4 is 0 Å². The molecule has 3 heteroatoms. The zero-order chi connectivity index (χ0) is 14.2. The second kappa shape index (κ2) is 5.91. The van der Waals surface area contributed by atoms with Gasteiger partial charge in [0.1, 0.15) is 0 Å². The molecule has 0 N–H and O–H groups in total. The molecule has 2 saturated heterocycles. The van der Waals surface area contributed by atoms with Crippen LogP contribution >= 0.6 is 0 Å². The Labute approximate surface area is 129 Å². The SMILES string of the molecule is O=C(C1CCCC1)N1C[C@@H]2CCCCN(CC3CC3)[C@@H]2C1. The van der Waals surface area contributed by atoms with Crippen molar-refractivity contribution in [1.82, 2.24) is 9.80 Å². The van der Waals surface area contributed by atoms with Crippen molar-refractivity contribution in [2.24, 2.45) is 17.8 Å². The summed E-state index contributed by atoms with van der Waals surface area (Å²) in [6.07, 6.45) is 11.8. The monoisotopic (exact) mass is 290 g/mol. The van der Waals surface area contributed by atoms with Crippen molar-refractivity contribution in [3.05, 3.63) is 0 Å². The molecule has 4 fully saturated rings. The van der Waals surface area contributed by atoms with Crippen molar-refractivity contribution in [3.63, 3.8) is 0 Å². The van der Waals surface area contributed by atoms with Crippen LogP contribution in [0.5, 0.6) is 0 Å². The topological polar surface area (TPSA) is 23.6 Å². The van der Waals surface area contributed by atoms with Crippen molar-refractivity contribution in [2.45, 2.75) is 63.8 Å². The predicted molar refractivity (Wildman–Crippen MR) is 84.0 cm³/mol. The highest BCUT2D eigenvalue weighted by molar-refractivity contribution is 5.79. The van der Waals surface area contributed by atoms with Gasteiger partial charge in [-0.2, -0.15) is 0 Å². The standard InChI is InChI=1S/C18H30N2O/c21-18(15-5-1-2-6-15)20-12-16-7-3-4-10-19(17(16)13-20)11-14-8-9-14/h14-17H,1-13H2/t16-,17+/m0/s1. The molecule has 4 aliphatic rings. The van der Waals surface area contributed by atoms with Crippen LogP contribution in [0.4, 0.5) is 0 Å². The molecule has 0 bridgehead atoms. The number of rotatable bonds is 3. The van der Waals surface area contributed by atoms with E-state index in [1.807, 2.05) is 0 Å². The summed E-state index contributed by atoms with van der Waals surface area (Å²) in [6, 6.07) is 0.679. The van der Waals surface area contributed by atoms with Crippen molar-refractivity contribution in [2.75, 3.05) is 26.2 Å². The summed E-state index contributed by atoms with van der Waals surface area (Å²) in [5.41, 5.74) is 0. The second-order valence-corrected chi connectivity index (χ2v) is 7.99. The summed E-state index contributed by atoms with van der Waals surface area (Å²) in [6.45, 7) is 4.68. The fourth-order valence-electron chi connectivity index (χ4n) is 4.91. The van der Waals surface area contributed by atoms with Gasteiger partial charge >= 0.3 is 0 Å². The highest BCUT2D eigenvalue weighted by Crippen LogP contribution is 2.36. The molecule has 4 rings (SSSR count). The number of likely N-dealkylation sites (tertiary alicyclic amines) is 2. The van der Waals surface area contributed by atoms with Crippen LogP contribution in [0.15, 0.2) is 0 Å². The van der Waals surface area contributed by atoms with Gasteiger partial charge < -0.3 is 4.90 Å². The van der Waals surface area contributed by atoms with Crippen LogP contribution in [-0.4, -0.2) is 47.9 Å². The molecule has 118 valence electrons. The summed E-state index contributed by atoms with van der Waals surface area (Å²) < 4.78 is 0. The molecule has 1 amide bonds. The van der Waals surface area contributed by atoms with Crippen molar-refractivity contribution < 1.29 is 4.79 Å². The summed E-state index contributed by atoms with van der Waals surface area (Å²) >= 11 is 0. The third-order valence-corrected chi connectivity index (χ3v) is 6.35. The number of amides is 1. The Bertz CT molecular complexity index is 387. The lowest BCUT2D eigenvalue weighted by Gasteiger charge is -2.30. The number of carbonyl (C=O) groups excluding carboxylic acids is 1. The van der Waals surface area contributed by atoms with Crippen LogP contribution in [-0.2, 0) is 4.79 Å². The average molecular weight is 290 g/mol. The molecule has 0 radical (unpaired) electrons. The first-order valence-electron chi connectivity index (χ1n) is 9.34. The molecular formula is C18H30N2O. The summed E-state index contributed by atoms with van der Waals surface area (Å²) in [5.74, 6) is 2.59. The molecule has 3 nitrogen and oxygen atoms in total. The van der Waals surface area contributed by atoms with E-state index in [1.165, 1.54) is 58.0 Å². The molecule has 2 saturated carbocycles. The zero-order valence-electron chi connectivity index (χ0n) is 13.3. The lowest BCUT2D eigenvalue weighted by Crippen LogP contribution is -2.42. The molecule has 21 heavy (non-hydrogen) atoms. The third kappa shape index (κ3) is 2.99. The maximum Gasteiger partial charge on any atom is 0.225 e. The van der Waals surface area contributed by atoms with Gasteiger partial charge in [0.25, 0.3) is 0 Å². The summed E-state index contributed by atoms with van der Waals surface area (Å²) in [5, 5.41) is 0.